The van der Waals surface area contributed by atoms with Crippen molar-refractivity contribution in [2.45, 2.75) is 6.54 Å². The van der Waals surface area contributed by atoms with Crippen molar-refractivity contribution in [1.29, 1.82) is 0 Å². The van der Waals surface area contributed by atoms with Gasteiger partial charge in [-0.1, -0.05) is 6.07 Å². The molecule has 0 spiro atoms. The summed E-state index contributed by atoms with van der Waals surface area (Å²) in [4.78, 5) is 27.0. The SMILES string of the molecule is O=C1COc2cc(NC(=O)NCc3cccnc3)ccc2N1. The standard InChI is InChI=1S/C15H14N4O3/c20-14-9-22-13-6-11(3-4-12(13)19-14)18-15(21)17-8-10-2-1-5-16-7-10/h1-7H,8-9H2,(H,19,20)(H2,17,18,21). The lowest BCUT2D eigenvalue weighted by Crippen LogP contribution is -2.28. The topological polar surface area (TPSA) is 92.3 Å². The number of anilines is 2. The summed E-state index contributed by atoms with van der Waals surface area (Å²) in [7, 11) is 0. The van der Waals surface area contributed by atoms with Crippen LogP contribution in [0.4, 0.5) is 16.2 Å². The monoisotopic (exact) mass is 298 g/mol. The average Bonchev–Trinajstić information content (AvgIpc) is 2.54. The minimum Gasteiger partial charge on any atom is -0.482 e. The third kappa shape index (κ3) is 3.32. The Bertz CT molecular complexity index is 703. The summed E-state index contributed by atoms with van der Waals surface area (Å²) in [5.41, 5.74) is 2.09. The number of urea groups is 1. The fourth-order valence-corrected chi connectivity index (χ4v) is 2.01. The van der Waals surface area contributed by atoms with Crippen LogP contribution >= 0.6 is 0 Å². The largest absolute Gasteiger partial charge is 0.482 e. The lowest BCUT2D eigenvalue weighted by atomic mass is 10.2. The number of nitrogens with zero attached hydrogens (tertiary/aromatic N) is 1. The molecular formula is C15H14N4O3. The Morgan fingerprint density at radius 2 is 2.27 bits per heavy atom. The molecule has 3 rings (SSSR count). The lowest BCUT2D eigenvalue weighted by molar-refractivity contribution is -0.118. The molecule has 0 aliphatic carbocycles. The van der Waals surface area contributed by atoms with Gasteiger partial charge in [0, 0.05) is 30.7 Å². The maximum absolute atomic E-state index is 11.9. The molecule has 3 N–H and O–H groups in total. The molecule has 1 aliphatic rings. The summed E-state index contributed by atoms with van der Waals surface area (Å²) in [5, 5.41) is 8.13. The van der Waals surface area contributed by atoms with E-state index in [4.69, 9.17) is 4.74 Å². The van der Waals surface area contributed by atoms with Gasteiger partial charge in [-0.25, -0.2) is 4.79 Å². The van der Waals surface area contributed by atoms with E-state index < -0.39 is 0 Å². The number of carbonyl (C=O) groups excluding carboxylic acids is 2. The highest BCUT2D eigenvalue weighted by Gasteiger charge is 2.16. The number of hydrogen-bond donors (Lipinski definition) is 3. The second-order valence-electron chi connectivity index (χ2n) is 4.72. The van der Waals surface area contributed by atoms with Crippen molar-refractivity contribution in [2.24, 2.45) is 0 Å². The van der Waals surface area contributed by atoms with Crippen molar-refractivity contribution in [3.63, 3.8) is 0 Å². The van der Waals surface area contributed by atoms with E-state index in [1.165, 1.54) is 0 Å². The Morgan fingerprint density at radius 3 is 3.09 bits per heavy atom. The molecule has 0 radical (unpaired) electrons. The Hall–Kier alpha value is -3.09. The molecule has 112 valence electrons. The van der Waals surface area contributed by atoms with Gasteiger partial charge in [-0.3, -0.25) is 9.78 Å². The lowest BCUT2D eigenvalue weighted by Gasteiger charge is -2.18. The van der Waals surface area contributed by atoms with Gasteiger partial charge in [0.15, 0.2) is 6.61 Å². The van der Waals surface area contributed by atoms with Crippen molar-refractivity contribution in [2.75, 3.05) is 17.2 Å². The zero-order chi connectivity index (χ0) is 15.4. The van der Waals surface area contributed by atoms with Crippen molar-refractivity contribution in [3.05, 3.63) is 48.3 Å². The fraction of sp³-hybridized carbons (Fsp3) is 0.133. The van der Waals surface area contributed by atoms with Crippen LogP contribution in [0.15, 0.2) is 42.7 Å². The van der Waals surface area contributed by atoms with E-state index in [-0.39, 0.29) is 18.5 Å². The van der Waals surface area contributed by atoms with Crippen LogP contribution in [-0.4, -0.2) is 23.5 Å². The molecule has 0 fully saturated rings. The minimum absolute atomic E-state index is 0.0241. The number of benzene rings is 1. The van der Waals surface area contributed by atoms with Gasteiger partial charge >= 0.3 is 6.03 Å². The first kappa shape index (κ1) is 13.9. The third-order valence-corrected chi connectivity index (χ3v) is 3.05. The first-order valence-electron chi connectivity index (χ1n) is 6.71. The summed E-state index contributed by atoms with van der Waals surface area (Å²) in [5.74, 6) is 0.340. The number of fused-ring (bicyclic) bond motifs is 1. The van der Waals surface area contributed by atoms with Gasteiger partial charge < -0.3 is 20.7 Å². The van der Waals surface area contributed by atoms with Crippen molar-refractivity contribution in [1.82, 2.24) is 10.3 Å². The van der Waals surface area contributed by atoms with Crippen LogP contribution in [0, 0.1) is 0 Å². The Morgan fingerprint density at radius 1 is 1.36 bits per heavy atom. The van der Waals surface area contributed by atoms with E-state index in [1.54, 1.807) is 30.6 Å². The summed E-state index contributed by atoms with van der Waals surface area (Å²) >= 11 is 0. The van der Waals surface area contributed by atoms with Crippen LogP contribution in [0.3, 0.4) is 0 Å². The molecular weight excluding hydrogens is 284 g/mol. The van der Waals surface area contributed by atoms with E-state index in [0.29, 0.717) is 23.7 Å². The van der Waals surface area contributed by atoms with E-state index >= 15 is 0 Å². The highest BCUT2D eigenvalue weighted by atomic mass is 16.5. The van der Waals surface area contributed by atoms with E-state index in [2.05, 4.69) is 20.9 Å². The maximum atomic E-state index is 11.9. The van der Waals surface area contributed by atoms with Crippen LogP contribution in [0.25, 0.3) is 0 Å². The molecule has 0 atom stereocenters. The van der Waals surface area contributed by atoms with Gasteiger partial charge in [0.05, 0.1) is 5.69 Å². The molecule has 3 amide bonds. The molecule has 0 bridgehead atoms. The number of pyridine rings is 1. The van der Waals surface area contributed by atoms with Gasteiger partial charge in [-0.15, -0.1) is 0 Å². The number of rotatable bonds is 3. The maximum Gasteiger partial charge on any atom is 0.319 e. The number of aromatic nitrogens is 1. The predicted octanol–water partition coefficient (Wildman–Crippen LogP) is 1.73. The average molecular weight is 298 g/mol. The molecule has 1 aliphatic heterocycles. The normalized spacial score (nSPS) is 12.6. The highest BCUT2D eigenvalue weighted by molar-refractivity contribution is 5.96. The number of carbonyl (C=O) groups is 2. The van der Waals surface area contributed by atoms with Crippen LogP contribution in [0.5, 0.6) is 5.75 Å². The van der Waals surface area contributed by atoms with E-state index in [9.17, 15) is 9.59 Å². The van der Waals surface area contributed by atoms with Crippen molar-refractivity contribution < 1.29 is 14.3 Å². The highest BCUT2D eigenvalue weighted by Crippen LogP contribution is 2.30. The quantitative estimate of drug-likeness (QED) is 0.804. The first-order valence-corrected chi connectivity index (χ1v) is 6.71. The van der Waals surface area contributed by atoms with Crippen LogP contribution < -0.4 is 20.7 Å². The number of ether oxygens (including phenoxy) is 1. The molecule has 0 saturated heterocycles. The Kier molecular flexibility index (Phi) is 3.86. The van der Waals surface area contributed by atoms with E-state index in [0.717, 1.165) is 5.56 Å². The molecule has 22 heavy (non-hydrogen) atoms. The number of amides is 3. The third-order valence-electron chi connectivity index (χ3n) is 3.05. The molecule has 7 heteroatoms. The summed E-state index contributed by atoms with van der Waals surface area (Å²) in [6, 6.07) is 8.40. The zero-order valence-corrected chi connectivity index (χ0v) is 11.6. The summed E-state index contributed by atoms with van der Waals surface area (Å²) in [6.07, 6.45) is 3.37. The summed E-state index contributed by atoms with van der Waals surface area (Å²) in [6.45, 7) is 0.362. The van der Waals surface area contributed by atoms with Crippen molar-refractivity contribution in [3.8, 4) is 5.75 Å². The smallest absolute Gasteiger partial charge is 0.319 e. The van der Waals surface area contributed by atoms with Crippen LogP contribution in [-0.2, 0) is 11.3 Å². The first-order chi connectivity index (χ1) is 10.7. The molecule has 1 aromatic heterocycles. The Balaban J connectivity index is 1.59. The van der Waals surface area contributed by atoms with Crippen molar-refractivity contribution >= 4 is 23.3 Å². The molecule has 0 saturated carbocycles. The number of nitrogens with one attached hydrogen (secondary N) is 3. The predicted molar refractivity (Wildman–Crippen MR) is 80.7 cm³/mol. The van der Waals surface area contributed by atoms with Gasteiger partial charge in [0.25, 0.3) is 5.91 Å². The fourth-order valence-electron chi connectivity index (χ4n) is 2.01. The minimum atomic E-state index is -0.330. The molecule has 7 nitrogen and oxygen atoms in total. The summed E-state index contributed by atoms with van der Waals surface area (Å²) < 4.78 is 5.30. The molecule has 1 aromatic carbocycles. The van der Waals surface area contributed by atoms with Gasteiger partial charge in [-0.05, 0) is 23.8 Å². The Labute approximate surface area is 126 Å². The van der Waals surface area contributed by atoms with Gasteiger partial charge in [0.1, 0.15) is 5.75 Å². The number of hydrogen-bond acceptors (Lipinski definition) is 4. The van der Waals surface area contributed by atoms with Gasteiger partial charge in [0.2, 0.25) is 0 Å². The van der Waals surface area contributed by atoms with Crippen LogP contribution in [0.1, 0.15) is 5.56 Å². The van der Waals surface area contributed by atoms with Crippen LogP contribution in [0.2, 0.25) is 0 Å². The zero-order valence-electron chi connectivity index (χ0n) is 11.6. The van der Waals surface area contributed by atoms with Gasteiger partial charge in [-0.2, -0.15) is 0 Å². The van der Waals surface area contributed by atoms with E-state index in [1.807, 2.05) is 12.1 Å². The molecule has 0 unspecified atom stereocenters. The molecule has 2 aromatic rings. The molecule has 2 heterocycles. The second kappa shape index (κ2) is 6.13. The second-order valence-corrected chi connectivity index (χ2v) is 4.72.